The van der Waals surface area contributed by atoms with Gasteiger partial charge in [-0.25, -0.2) is 15.0 Å². The predicted molar refractivity (Wildman–Crippen MR) is 243 cm³/mol. The number of fused-ring (bicyclic) bond motifs is 8. The molecule has 0 atom stereocenters. The fraction of sp³-hybridized carbons (Fsp3) is 0. The maximum absolute atomic E-state index is 5.33. The van der Waals surface area contributed by atoms with Gasteiger partial charge in [0.1, 0.15) is 0 Å². The van der Waals surface area contributed by atoms with Crippen molar-refractivity contribution in [3.8, 4) is 56.4 Å². The molecule has 0 saturated carbocycles. The first-order chi connectivity index (χ1) is 29.8. The number of hydrogen-bond donors (Lipinski definition) is 0. The van der Waals surface area contributed by atoms with Gasteiger partial charge in [-0.15, -0.1) is 0 Å². The van der Waals surface area contributed by atoms with Crippen molar-refractivity contribution in [1.29, 1.82) is 0 Å². The Bertz CT molecular complexity index is 3460. The number of rotatable bonds is 5. The second-order valence-electron chi connectivity index (χ2n) is 14.9. The highest BCUT2D eigenvalue weighted by molar-refractivity contribution is 6.16. The van der Waals surface area contributed by atoms with Gasteiger partial charge in [-0.05, 0) is 80.2 Å². The predicted octanol–water partition coefficient (Wildman–Crippen LogP) is 12.7. The van der Waals surface area contributed by atoms with E-state index in [4.69, 9.17) is 34.9 Å². The zero-order valence-corrected chi connectivity index (χ0v) is 32.0. The molecule has 0 aliphatic rings. The van der Waals surface area contributed by atoms with Gasteiger partial charge in [0.2, 0.25) is 0 Å². The molecule has 0 unspecified atom stereocenters. The normalized spacial score (nSPS) is 11.7. The van der Waals surface area contributed by atoms with E-state index in [0.29, 0.717) is 17.5 Å². The summed E-state index contributed by atoms with van der Waals surface area (Å²) in [6.45, 7) is 0. The van der Waals surface area contributed by atoms with Gasteiger partial charge >= 0.3 is 0 Å². The molecule has 0 bridgehead atoms. The van der Waals surface area contributed by atoms with Crippen molar-refractivity contribution < 1.29 is 0 Å². The number of hydrogen-bond acceptors (Lipinski definition) is 7. The Morgan fingerprint density at radius 1 is 0.250 bits per heavy atom. The number of nitrogens with zero attached hydrogens (tertiary/aromatic N) is 7. The second kappa shape index (κ2) is 13.7. The quantitative estimate of drug-likeness (QED) is 0.161. The minimum Gasteiger partial charge on any atom is -0.254 e. The van der Waals surface area contributed by atoms with Gasteiger partial charge in [-0.1, -0.05) is 127 Å². The zero-order chi connectivity index (χ0) is 39.6. The summed E-state index contributed by atoms with van der Waals surface area (Å²) in [6.07, 6.45) is 7.32. The van der Waals surface area contributed by atoms with Crippen molar-refractivity contribution in [2.75, 3.05) is 0 Å². The molecule has 5 aromatic heterocycles. The van der Waals surface area contributed by atoms with Crippen molar-refractivity contribution in [3.63, 3.8) is 0 Å². The van der Waals surface area contributed by atoms with E-state index >= 15 is 0 Å². The lowest BCUT2D eigenvalue weighted by molar-refractivity contribution is 1.08. The van der Waals surface area contributed by atoms with Crippen molar-refractivity contribution in [1.82, 2.24) is 34.9 Å². The summed E-state index contributed by atoms with van der Waals surface area (Å²) < 4.78 is 0. The third-order valence-electron chi connectivity index (χ3n) is 11.5. The van der Waals surface area contributed by atoms with E-state index in [2.05, 4.69) is 109 Å². The highest BCUT2D eigenvalue weighted by atomic mass is 15.0. The first-order valence-corrected chi connectivity index (χ1v) is 19.9. The molecule has 0 N–H and O–H groups in total. The highest BCUT2D eigenvalue weighted by Crippen LogP contribution is 2.41. The lowest BCUT2D eigenvalue weighted by Crippen LogP contribution is -2.01. The molecule has 0 radical (unpaired) electrons. The van der Waals surface area contributed by atoms with Gasteiger partial charge in [0, 0.05) is 63.0 Å². The van der Waals surface area contributed by atoms with E-state index in [0.717, 1.165) is 104 Å². The smallest absolute Gasteiger partial charge is 0.164 e. The summed E-state index contributed by atoms with van der Waals surface area (Å²) in [4.78, 5) is 34.7. The third-order valence-corrected chi connectivity index (χ3v) is 11.5. The molecule has 7 aromatic carbocycles. The Morgan fingerprint density at radius 3 is 1.12 bits per heavy atom. The van der Waals surface area contributed by atoms with Gasteiger partial charge in [-0.2, -0.15) is 0 Å². The van der Waals surface area contributed by atoms with E-state index in [1.54, 1.807) is 0 Å². The van der Waals surface area contributed by atoms with Crippen LogP contribution in [0.1, 0.15) is 0 Å². The van der Waals surface area contributed by atoms with Gasteiger partial charge in [-0.3, -0.25) is 19.9 Å². The average Bonchev–Trinajstić information content (AvgIpc) is 3.33. The SMILES string of the molecule is c1ccc(-c2nc(-c3cccc4c(-c5cc6cccnc6c6ncccc56)cccc34)nc(-c3cccc4c(-c5cc6cccnc6c6ncccc56)cccc34)n2)cc1. The van der Waals surface area contributed by atoms with E-state index in [1.165, 1.54) is 0 Å². The highest BCUT2D eigenvalue weighted by Gasteiger charge is 2.20. The maximum atomic E-state index is 5.33. The largest absolute Gasteiger partial charge is 0.254 e. The van der Waals surface area contributed by atoms with Gasteiger partial charge < -0.3 is 0 Å². The molecule has 0 fully saturated rings. The van der Waals surface area contributed by atoms with Crippen LogP contribution in [0, 0.1) is 0 Å². The average molecular weight is 766 g/mol. The Balaban J connectivity index is 1.07. The van der Waals surface area contributed by atoms with Crippen LogP contribution in [-0.2, 0) is 0 Å². The van der Waals surface area contributed by atoms with Crippen LogP contribution in [0.25, 0.3) is 122 Å². The van der Waals surface area contributed by atoms with Crippen LogP contribution in [0.2, 0.25) is 0 Å². The fourth-order valence-corrected chi connectivity index (χ4v) is 8.81. The first kappa shape index (κ1) is 33.8. The Kier molecular flexibility index (Phi) is 7.71. The fourth-order valence-electron chi connectivity index (χ4n) is 8.81. The van der Waals surface area contributed by atoms with Crippen LogP contribution in [0.15, 0.2) is 189 Å². The van der Waals surface area contributed by atoms with Crippen LogP contribution in [0.4, 0.5) is 0 Å². The Hall–Kier alpha value is -8.29. The van der Waals surface area contributed by atoms with Crippen molar-refractivity contribution >= 4 is 65.2 Å². The molecule has 12 rings (SSSR count). The van der Waals surface area contributed by atoms with E-state index in [-0.39, 0.29) is 0 Å². The lowest BCUT2D eigenvalue weighted by atomic mass is 9.91. The summed E-state index contributed by atoms with van der Waals surface area (Å²) in [7, 11) is 0. The molecule has 0 aliphatic carbocycles. The summed E-state index contributed by atoms with van der Waals surface area (Å²) in [5, 5.41) is 8.46. The second-order valence-corrected chi connectivity index (χ2v) is 14.9. The Morgan fingerprint density at radius 2 is 0.633 bits per heavy atom. The Labute approximate surface area is 343 Å². The molecule has 7 nitrogen and oxygen atoms in total. The number of aromatic nitrogens is 7. The first-order valence-electron chi connectivity index (χ1n) is 19.9. The van der Waals surface area contributed by atoms with Crippen molar-refractivity contribution in [2.45, 2.75) is 0 Å². The summed E-state index contributed by atoms with van der Waals surface area (Å²) in [5.41, 5.74) is 10.7. The van der Waals surface area contributed by atoms with E-state index in [1.807, 2.05) is 79.4 Å². The third kappa shape index (κ3) is 5.41. The minimum absolute atomic E-state index is 0.600. The number of pyridine rings is 4. The molecule has 278 valence electrons. The van der Waals surface area contributed by atoms with Crippen molar-refractivity contribution in [2.24, 2.45) is 0 Å². The molecule has 5 heterocycles. The molecule has 0 spiro atoms. The molecule has 0 aliphatic heterocycles. The van der Waals surface area contributed by atoms with Gasteiger partial charge in [0.15, 0.2) is 17.5 Å². The van der Waals surface area contributed by atoms with Crippen LogP contribution in [-0.4, -0.2) is 34.9 Å². The molecule has 0 amide bonds. The number of benzene rings is 7. The molecular weight excluding hydrogens is 735 g/mol. The minimum atomic E-state index is 0.600. The zero-order valence-electron chi connectivity index (χ0n) is 32.0. The van der Waals surface area contributed by atoms with Crippen LogP contribution >= 0.6 is 0 Å². The molecule has 12 aromatic rings. The van der Waals surface area contributed by atoms with Crippen LogP contribution < -0.4 is 0 Å². The summed E-state index contributed by atoms with van der Waals surface area (Å²) in [6, 6.07) is 56.7. The summed E-state index contributed by atoms with van der Waals surface area (Å²) >= 11 is 0. The topological polar surface area (TPSA) is 90.2 Å². The van der Waals surface area contributed by atoms with E-state index < -0.39 is 0 Å². The monoisotopic (exact) mass is 765 g/mol. The van der Waals surface area contributed by atoms with E-state index in [9.17, 15) is 0 Å². The van der Waals surface area contributed by atoms with Crippen LogP contribution in [0.5, 0.6) is 0 Å². The maximum Gasteiger partial charge on any atom is 0.164 e. The van der Waals surface area contributed by atoms with Gasteiger partial charge in [0.25, 0.3) is 0 Å². The molecule has 7 heteroatoms. The lowest BCUT2D eigenvalue weighted by Gasteiger charge is -2.15. The molecular formula is C53H31N7. The van der Waals surface area contributed by atoms with Gasteiger partial charge in [0.05, 0.1) is 22.1 Å². The van der Waals surface area contributed by atoms with Crippen LogP contribution in [0.3, 0.4) is 0 Å². The standard InChI is InChI=1S/C53H31N7/c1-2-12-32(13-3-1)51-58-52(43-22-6-16-35-37(43)18-4-20-39(35)45-30-33-14-8-26-54-47(33)49-41(45)24-10-28-56-49)60-53(59-51)44-23-7-17-36-38(44)19-5-21-40(36)46-31-34-15-9-27-55-48(34)50-42(46)25-11-29-57-50/h1-31H. The van der Waals surface area contributed by atoms with Crippen molar-refractivity contribution in [3.05, 3.63) is 189 Å². The molecule has 60 heavy (non-hydrogen) atoms. The summed E-state index contributed by atoms with van der Waals surface area (Å²) in [5.74, 6) is 1.81. The molecule has 0 saturated heterocycles.